The van der Waals surface area contributed by atoms with Gasteiger partial charge in [0.2, 0.25) is 0 Å². The lowest BCUT2D eigenvalue weighted by molar-refractivity contribution is 0.102. The van der Waals surface area contributed by atoms with Crippen molar-refractivity contribution in [2.24, 2.45) is 0 Å². The van der Waals surface area contributed by atoms with Gasteiger partial charge in [-0.2, -0.15) is 0 Å². The maximum Gasteiger partial charge on any atom is 0.259 e. The second-order valence-corrected chi connectivity index (χ2v) is 7.41. The van der Waals surface area contributed by atoms with E-state index in [0.29, 0.717) is 29.5 Å². The smallest absolute Gasteiger partial charge is 0.259 e. The standard InChI is InChI=1S/C22H20N4O2/c1-13-4-5-14(18(27)11-13)12-15-8-10-24-21-19(15)25-22(28)17-3-2-9-23-20(17)26(21)16-6-7-16/h2-5,8-11,16,27H,6-7,12H2,1H3,(H,25,28). The zero-order valence-corrected chi connectivity index (χ0v) is 15.5. The summed E-state index contributed by atoms with van der Waals surface area (Å²) in [5, 5.41) is 13.4. The second-order valence-electron chi connectivity index (χ2n) is 7.41. The average Bonchev–Trinajstić information content (AvgIpc) is 3.52. The number of hydrogen-bond acceptors (Lipinski definition) is 5. The number of nitrogens with zero attached hydrogens (tertiary/aromatic N) is 3. The van der Waals surface area contributed by atoms with Crippen molar-refractivity contribution in [1.29, 1.82) is 0 Å². The van der Waals surface area contributed by atoms with Crippen LogP contribution in [-0.2, 0) is 6.42 Å². The Morgan fingerprint density at radius 1 is 1.11 bits per heavy atom. The molecule has 0 bridgehead atoms. The van der Waals surface area contributed by atoms with E-state index in [1.807, 2.05) is 25.1 Å². The van der Waals surface area contributed by atoms with Crippen molar-refractivity contribution in [3.8, 4) is 5.75 Å². The number of carbonyl (C=O) groups excluding carboxylic acids is 1. The Hall–Kier alpha value is -3.41. The van der Waals surface area contributed by atoms with E-state index in [1.54, 1.807) is 30.6 Å². The number of phenols is 1. The molecule has 3 heterocycles. The van der Waals surface area contributed by atoms with Crippen LogP contribution in [0.3, 0.4) is 0 Å². The topological polar surface area (TPSA) is 78.4 Å². The lowest BCUT2D eigenvalue weighted by atomic mass is 10.0. The van der Waals surface area contributed by atoms with Crippen LogP contribution in [0, 0.1) is 6.92 Å². The van der Waals surface area contributed by atoms with Gasteiger partial charge in [-0.05, 0) is 60.7 Å². The summed E-state index contributed by atoms with van der Waals surface area (Å²) in [7, 11) is 0. The zero-order chi connectivity index (χ0) is 19.3. The fourth-order valence-electron chi connectivity index (χ4n) is 3.71. The SMILES string of the molecule is Cc1ccc(Cc2ccnc3c2NC(=O)c2cccnc2N3C2CC2)c(O)c1. The van der Waals surface area contributed by atoms with Gasteiger partial charge < -0.3 is 15.3 Å². The van der Waals surface area contributed by atoms with Crippen molar-refractivity contribution in [3.63, 3.8) is 0 Å². The van der Waals surface area contributed by atoms with Crippen LogP contribution in [0.5, 0.6) is 5.75 Å². The highest BCUT2D eigenvalue weighted by atomic mass is 16.3. The molecule has 1 aliphatic heterocycles. The van der Waals surface area contributed by atoms with Gasteiger partial charge in [-0.25, -0.2) is 9.97 Å². The summed E-state index contributed by atoms with van der Waals surface area (Å²) in [5.74, 6) is 1.45. The van der Waals surface area contributed by atoms with Crippen LogP contribution in [-0.4, -0.2) is 27.0 Å². The molecule has 1 fully saturated rings. The van der Waals surface area contributed by atoms with Gasteiger partial charge in [0, 0.05) is 24.9 Å². The number of hydrogen-bond donors (Lipinski definition) is 2. The summed E-state index contributed by atoms with van der Waals surface area (Å²) < 4.78 is 0. The Morgan fingerprint density at radius 2 is 1.93 bits per heavy atom. The molecule has 1 aliphatic carbocycles. The van der Waals surface area contributed by atoms with E-state index in [4.69, 9.17) is 0 Å². The number of fused-ring (bicyclic) bond motifs is 2. The molecular weight excluding hydrogens is 352 g/mol. The van der Waals surface area contributed by atoms with Gasteiger partial charge in [-0.1, -0.05) is 12.1 Å². The number of rotatable bonds is 3. The van der Waals surface area contributed by atoms with Gasteiger partial charge in [0.05, 0.1) is 11.3 Å². The molecule has 140 valence electrons. The monoisotopic (exact) mass is 372 g/mol. The van der Waals surface area contributed by atoms with E-state index in [1.165, 1.54) is 0 Å². The van der Waals surface area contributed by atoms with E-state index in [-0.39, 0.29) is 11.7 Å². The van der Waals surface area contributed by atoms with Gasteiger partial charge in [0.15, 0.2) is 5.82 Å². The highest BCUT2D eigenvalue weighted by Gasteiger charge is 2.38. The van der Waals surface area contributed by atoms with Crippen molar-refractivity contribution in [1.82, 2.24) is 9.97 Å². The molecule has 5 rings (SSSR count). The Balaban J connectivity index is 1.64. The van der Waals surface area contributed by atoms with Crippen molar-refractivity contribution < 1.29 is 9.90 Å². The number of pyridine rings is 2. The maximum atomic E-state index is 12.9. The number of phenolic OH excluding ortho intramolecular Hbond substituents is 1. The van der Waals surface area contributed by atoms with E-state index in [9.17, 15) is 9.90 Å². The number of amides is 1. The number of aromatic nitrogens is 2. The summed E-state index contributed by atoms with van der Waals surface area (Å²) >= 11 is 0. The van der Waals surface area contributed by atoms with E-state index < -0.39 is 0 Å². The molecule has 2 aliphatic rings. The first-order valence-corrected chi connectivity index (χ1v) is 9.44. The van der Waals surface area contributed by atoms with Crippen LogP contribution in [0.15, 0.2) is 48.8 Å². The normalized spacial score (nSPS) is 15.5. The third-order valence-corrected chi connectivity index (χ3v) is 5.28. The lowest BCUT2D eigenvalue weighted by Crippen LogP contribution is -2.22. The fraction of sp³-hybridized carbons (Fsp3) is 0.227. The number of carbonyl (C=O) groups is 1. The fourth-order valence-corrected chi connectivity index (χ4v) is 3.71. The highest BCUT2D eigenvalue weighted by Crippen LogP contribution is 2.44. The van der Waals surface area contributed by atoms with Crippen LogP contribution < -0.4 is 10.2 Å². The molecule has 0 spiro atoms. The molecule has 1 saturated carbocycles. The summed E-state index contributed by atoms with van der Waals surface area (Å²) in [6.07, 6.45) is 6.07. The second kappa shape index (κ2) is 6.34. The van der Waals surface area contributed by atoms with Crippen LogP contribution in [0.4, 0.5) is 17.3 Å². The van der Waals surface area contributed by atoms with Gasteiger partial charge in [0.25, 0.3) is 5.91 Å². The van der Waals surface area contributed by atoms with Crippen LogP contribution in [0.25, 0.3) is 0 Å². The van der Waals surface area contributed by atoms with Crippen molar-refractivity contribution in [2.75, 3.05) is 10.2 Å². The molecule has 2 N–H and O–H groups in total. The predicted molar refractivity (Wildman–Crippen MR) is 107 cm³/mol. The first kappa shape index (κ1) is 16.7. The molecule has 3 aromatic rings. The molecule has 1 amide bonds. The average molecular weight is 372 g/mol. The molecule has 0 saturated heterocycles. The first-order valence-electron chi connectivity index (χ1n) is 9.44. The van der Waals surface area contributed by atoms with Crippen molar-refractivity contribution in [2.45, 2.75) is 32.2 Å². The third kappa shape index (κ3) is 2.78. The molecule has 1 aromatic carbocycles. The summed E-state index contributed by atoms with van der Waals surface area (Å²) in [6, 6.07) is 11.4. The number of aromatic hydroxyl groups is 1. The quantitative estimate of drug-likeness (QED) is 0.728. The largest absolute Gasteiger partial charge is 0.508 e. The van der Waals surface area contributed by atoms with Gasteiger partial charge >= 0.3 is 0 Å². The Kier molecular flexibility index (Phi) is 3.79. The maximum absolute atomic E-state index is 12.9. The molecular formula is C22H20N4O2. The van der Waals surface area contributed by atoms with E-state index >= 15 is 0 Å². The molecule has 6 nitrogen and oxygen atoms in total. The number of benzene rings is 1. The molecule has 0 atom stereocenters. The van der Waals surface area contributed by atoms with Crippen LogP contribution >= 0.6 is 0 Å². The van der Waals surface area contributed by atoms with Crippen LogP contribution in [0.2, 0.25) is 0 Å². The van der Waals surface area contributed by atoms with Gasteiger partial charge in [-0.15, -0.1) is 0 Å². The van der Waals surface area contributed by atoms with Gasteiger partial charge in [-0.3, -0.25) is 4.79 Å². The van der Waals surface area contributed by atoms with Gasteiger partial charge in [0.1, 0.15) is 11.6 Å². The zero-order valence-electron chi connectivity index (χ0n) is 15.5. The predicted octanol–water partition coefficient (Wildman–Crippen LogP) is 3.95. The molecule has 6 heteroatoms. The number of nitrogens with one attached hydrogen (secondary N) is 1. The number of anilines is 3. The lowest BCUT2D eigenvalue weighted by Gasteiger charge is -2.24. The summed E-state index contributed by atoms with van der Waals surface area (Å²) in [4.78, 5) is 24.1. The molecule has 2 aromatic heterocycles. The Labute approximate surface area is 162 Å². The third-order valence-electron chi connectivity index (χ3n) is 5.28. The summed E-state index contributed by atoms with van der Waals surface area (Å²) in [6.45, 7) is 1.94. The minimum absolute atomic E-state index is 0.185. The Bertz CT molecular complexity index is 1090. The minimum atomic E-state index is -0.185. The number of aryl methyl sites for hydroxylation is 1. The molecule has 0 radical (unpaired) electrons. The molecule has 0 unspecified atom stereocenters. The van der Waals surface area contributed by atoms with E-state index in [2.05, 4.69) is 20.2 Å². The van der Waals surface area contributed by atoms with Crippen LogP contribution in [0.1, 0.15) is 39.9 Å². The summed E-state index contributed by atoms with van der Waals surface area (Å²) in [5.41, 5.74) is 3.97. The highest BCUT2D eigenvalue weighted by molar-refractivity contribution is 6.12. The Morgan fingerprint density at radius 3 is 2.71 bits per heavy atom. The van der Waals surface area contributed by atoms with Crippen molar-refractivity contribution >= 4 is 23.2 Å². The van der Waals surface area contributed by atoms with Crippen molar-refractivity contribution in [3.05, 3.63) is 71.0 Å². The minimum Gasteiger partial charge on any atom is -0.508 e. The first-order chi connectivity index (χ1) is 13.6. The van der Waals surface area contributed by atoms with E-state index in [0.717, 1.165) is 35.3 Å². The molecule has 28 heavy (non-hydrogen) atoms.